The first-order chi connectivity index (χ1) is 14.9. The second-order valence-electron chi connectivity index (χ2n) is 6.07. The molecule has 0 aliphatic rings. The summed E-state index contributed by atoms with van der Waals surface area (Å²) in [5.74, 6) is -2.43. The normalized spacial score (nSPS) is 12.0. The Hall–Kier alpha value is -1.60. The summed E-state index contributed by atoms with van der Waals surface area (Å²) in [5.41, 5.74) is -0.227. The van der Waals surface area contributed by atoms with Crippen molar-refractivity contribution in [3.8, 4) is 0 Å². The molecule has 14 heteroatoms. The van der Waals surface area contributed by atoms with Crippen molar-refractivity contribution in [2.24, 2.45) is 0 Å². The molecule has 32 heavy (non-hydrogen) atoms. The molecule has 0 saturated heterocycles. The maximum atomic E-state index is 14.2. The van der Waals surface area contributed by atoms with Crippen molar-refractivity contribution in [2.75, 3.05) is 4.72 Å². The van der Waals surface area contributed by atoms with Crippen LogP contribution in [0.5, 0.6) is 0 Å². The minimum absolute atomic E-state index is 0.000239. The van der Waals surface area contributed by atoms with Crippen molar-refractivity contribution in [3.05, 3.63) is 81.3 Å². The molecule has 3 aromatic carbocycles. The lowest BCUT2D eigenvalue weighted by molar-refractivity contribution is 0.556. The van der Waals surface area contributed by atoms with Crippen LogP contribution in [0.2, 0.25) is 15.1 Å². The minimum atomic E-state index is -4.66. The van der Waals surface area contributed by atoms with Crippen LogP contribution in [0.1, 0.15) is 0 Å². The number of sulfonamides is 2. The topological polar surface area (TPSA) is 92.3 Å². The zero-order valence-corrected chi connectivity index (χ0v) is 20.2. The van der Waals surface area contributed by atoms with E-state index >= 15 is 0 Å². The fraction of sp³-hybridized carbons (Fsp3) is 0. The summed E-state index contributed by atoms with van der Waals surface area (Å²) in [4.78, 5) is -1.04. The first-order valence-electron chi connectivity index (χ1n) is 8.31. The Balaban J connectivity index is 1.96. The van der Waals surface area contributed by atoms with Gasteiger partial charge in [0, 0.05) is 4.90 Å². The summed E-state index contributed by atoms with van der Waals surface area (Å²) in [5, 5.41) is -0.662. The quantitative estimate of drug-likeness (QED) is 0.286. The van der Waals surface area contributed by atoms with Crippen molar-refractivity contribution in [2.45, 2.75) is 14.7 Å². The third kappa shape index (κ3) is 5.66. The third-order valence-electron chi connectivity index (χ3n) is 3.85. The Labute approximate surface area is 202 Å². The summed E-state index contributed by atoms with van der Waals surface area (Å²) < 4.78 is 82.4. The molecule has 0 aromatic heterocycles. The largest absolute Gasteiger partial charge is 0.278 e. The van der Waals surface area contributed by atoms with Crippen LogP contribution in [-0.2, 0) is 20.0 Å². The van der Waals surface area contributed by atoms with E-state index in [0.29, 0.717) is 24.1 Å². The first-order valence-corrected chi connectivity index (χ1v) is 13.2. The Morgan fingerprint density at radius 1 is 0.750 bits per heavy atom. The number of hydrogen-bond acceptors (Lipinski definition) is 5. The highest BCUT2D eigenvalue weighted by atomic mass is 35.5. The number of hydrogen-bond donors (Lipinski definition) is 2. The molecule has 6 nitrogen and oxygen atoms in total. The van der Waals surface area contributed by atoms with Crippen molar-refractivity contribution in [1.29, 1.82) is 0 Å². The predicted octanol–water partition coefficient (Wildman–Crippen LogP) is 5.71. The van der Waals surface area contributed by atoms with E-state index in [1.165, 1.54) is 30.3 Å². The number of rotatable bonds is 7. The first kappa shape index (κ1) is 25.0. The molecule has 0 saturated carbocycles. The monoisotopic (exact) mass is 558 g/mol. The van der Waals surface area contributed by atoms with Gasteiger partial charge in [-0.05, 0) is 48.3 Å². The van der Waals surface area contributed by atoms with Gasteiger partial charge in [-0.2, -0.15) is 0 Å². The van der Waals surface area contributed by atoms with Gasteiger partial charge in [0.05, 0.1) is 25.7 Å². The van der Waals surface area contributed by atoms with Gasteiger partial charge in [0.25, 0.3) is 10.0 Å². The van der Waals surface area contributed by atoms with Crippen LogP contribution in [0.4, 0.5) is 14.5 Å². The van der Waals surface area contributed by atoms with Crippen LogP contribution in [0.25, 0.3) is 0 Å². The van der Waals surface area contributed by atoms with Crippen LogP contribution in [-0.4, -0.2) is 16.8 Å². The predicted molar refractivity (Wildman–Crippen MR) is 121 cm³/mol. The van der Waals surface area contributed by atoms with Gasteiger partial charge in [-0.3, -0.25) is 4.72 Å². The minimum Gasteiger partial charge on any atom is -0.278 e. The molecule has 170 valence electrons. The van der Waals surface area contributed by atoms with Gasteiger partial charge in [-0.25, -0.2) is 25.6 Å². The molecule has 0 bridgehead atoms. The summed E-state index contributed by atoms with van der Waals surface area (Å²) in [6.45, 7) is 0. The summed E-state index contributed by atoms with van der Waals surface area (Å²) in [6, 6.07) is 10.7. The van der Waals surface area contributed by atoms with Crippen molar-refractivity contribution in [1.82, 2.24) is 4.13 Å². The highest BCUT2D eigenvalue weighted by molar-refractivity contribution is 8.09. The van der Waals surface area contributed by atoms with Crippen LogP contribution < -0.4 is 8.85 Å². The molecule has 3 rings (SSSR count). The van der Waals surface area contributed by atoms with Crippen molar-refractivity contribution < 1.29 is 25.6 Å². The highest BCUT2D eigenvalue weighted by Gasteiger charge is 2.24. The van der Waals surface area contributed by atoms with Crippen LogP contribution >= 0.6 is 46.8 Å². The smallest absolute Gasteiger partial charge is 0.264 e. The van der Waals surface area contributed by atoms with E-state index in [4.69, 9.17) is 34.8 Å². The fourth-order valence-electron chi connectivity index (χ4n) is 2.35. The van der Waals surface area contributed by atoms with E-state index in [9.17, 15) is 25.6 Å². The standard InChI is InChI=1S/C18H11Cl3F2N2O4S3/c19-11-7-16(24-32(28,29)18-9-14(22)13(21)6-15(18)23)17(8-12(11)20)30-25-31(26,27)10-4-2-1-3-5-10/h1-9,24-25H. The van der Waals surface area contributed by atoms with Gasteiger partial charge >= 0.3 is 0 Å². The molecule has 0 atom stereocenters. The summed E-state index contributed by atoms with van der Waals surface area (Å²) >= 11 is 17.9. The molecule has 0 aliphatic carbocycles. The molecule has 0 amide bonds. The van der Waals surface area contributed by atoms with E-state index in [1.807, 2.05) is 0 Å². The molecule has 0 fully saturated rings. The van der Waals surface area contributed by atoms with E-state index in [2.05, 4.69) is 8.85 Å². The molecule has 0 unspecified atom stereocenters. The fourth-order valence-corrected chi connectivity index (χ4v) is 6.19. The Bertz CT molecular complexity index is 1390. The molecule has 0 heterocycles. The zero-order valence-electron chi connectivity index (χ0n) is 15.4. The maximum absolute atomic E-state index is 14.2. The molecule has 0 spiro atoms. The number of benzene rings is 3. The lowest BCUT2D eigenvalue weighted by Crippen LogP contribution is -2.18. The second-order valence-corrected chi connectivity index (χ2v) is 11.7. The molecular weight excluding hydrogens is 549 g/mol. The van der Waals surface area contributed by atoms with Crippen LogP contribution in [0.3, 0.4) is 0 Å². The van der Waals surface area contributed by atoms with Gasteiger partial charge in [-0.15, -0.1) is 4.13 Å². The average molecular weight is 560 g/mol. The summed E-state index contributed by atoms with van der Waals surface area (Å²) in [6.07, 6.45) is 0. The Morgan fingerprint density at radius 3 is 2.03 bits per heavy atom. The van der Waals surface area contributed by atoms with Crippen LogP contribution in [0, 0.1) is 11.6 Å². The van der Waals surface area contributed by atoms with E-state index in [-0.39, 0.29) is 25.5 Å². The number of halogens is 5. The maximum Gasteiger partial charge on any atom is 0.264 e. The third-order valence-corrected chi connectivity index (χ3v) is 8.90. The average Bonchev–Trinajstić information content (AvgIpc) is 2.72. The SMILES string of the molecule is O=S(=O)(NSc1cc(Cl)c(Cl)cc1NS(=O)(=O)c1cc(F)c(Cl)cc1F)c1ccccc1. The number of nitrogens with one attached hydrogen (secondary N) is 2. The van der Waals surface area contributed by atoms with Crippen molar-refractivity contribution >= 4 is 72.5 Å². The van der Waals surface area contributed by atoms with Crippen LogP contribution in [0.15, 0.2) is 69.3 Å². The van der Waals surface area contributed by atoms with Gasteiger partial charge in [0.1, 0.15) is 16.5 Å². The van der Waals surface area contributed by atoms with E-state index in [1.54, 1.807) is 6.07 Å². The van der Waals surface area contributed by atoms with Gasteiger partial charge in [-0.1, -0.05) is 53.0 Å². The van der Waals surface area contributed by atoms with Crippen molar-refractivity contribution in [3.63, 3.8) is 0 Å². The highest BCUT2D eigenvalue weighted by Crippen LogP contribution is 2.36. The molecule has 0 radical (unpaired) electrons. The molecule has 0 aliphatic heterocycles. The van der Waals surface area contributed by atoms with E-state index in [0.717, 1.165) is 6.07 Å². The lowest BCUT2D eigenvalue weighted by atomic mass is 10.3. The molecular formula is C18H11Cl3F2N2O4S3. The zero-order chi connectivity index (χ0) is 23.7. The molecule has 3 aromatic rings. The summed E-state index contributed by atoms with van der Waals surface area (Å²) in [7, 11) is -8.63. The van der Waals surface area contributed by atoms with E-state index < -0.39 is 41.6 Å². The Morgan fingerprint density at radius 2 is 1.38 bits per heavy atom. The number of anilines is 1. The van der Waals surface area contributed by atoms with Gasteiger partial charge in [0.2, 0.25) is 10.0 Å². The second kappa shape index (κ2) is 9.72. The lowest BCUT2D eigenvalue weighted by Gasteiger charge is -2.15. The van der Waals surface area contributed by atoms with Gasteiger partial charge < -0.3 is 0 Å². The molecule has 2 N–H and O–H groups in total. The Kier molecular flexibility index (Phi) is 7.60. The van der Waals surface area contributed by atoms with Gasteiger partial charge in [0.15, 0.2) is 0 Å².